The van der Waals surface area contributed by atoms with Gasteiger partial charge < -0.3 is 4.74 Å². The summed E-state index contributed by atoms with van der Waals surface area (Å²) in [7, 11) is -1.09. The SMILES string of the molecule is C[S@](=O)c1ccc(C(=O)OCc2cc(=O)n3ccsc3n2)cc1. The van der Waals surface area contributed by atoms with E-state index in [1.165, 1.54) is 21.8 Å². The van der Waals surface area contributed by atoms with Crippen LogP contribution in [0.5, 0.6) is 0 Å². The minimum absolute atomic E-state index is 0.0794. The van der Waals surface area contributed by atoms with Crippen LogP contribution in [-0.2, 0) is 22.1 Å². The Balaban J connectivity index is 1.72. The fourth-order valence-electron chi connectivity index (χ4n) is 1.97. The smallest absolute Gasteiger partial charge is 0.338 e. The molecule has 0 aliphatic rings. The summed E-state index contributed by atoms with van der Waals surface area (Å²) in [4.78, 5) is 29.3. The van der Waals surface area contributed by atoms with Crippen molar-refractivity contribution in [2.75, 3.05) is 6.26 Å². The summed E-state index contributed by atoms with van der Waals surface area (Å²) in [6.07, 6.45) is 3.21. The number of carbonyl (C=O) groups excluding carboxylic acids is 1. The van der Waals surface area contributed by atoms with E-state index in [-0.39, 0.29) is 12.2 Å². The third-order valence-corrected chi connectivity index (χ3v) is 4.82. The van der Waals surface area contributed by atoms with Crippen molar-refractivity contribution >= 4 is 33.1 Å². The maximum absolute atomic E-state index is 12.0. The third kappa shape index (κ3) is 3.38. The molecule has 6 nitrogen and oxygen atoms in total. The van der Waals surface area contributed by atoms with Crippen LogP contribution in [0.1, 0.15) is 16.1 Å². The minimum Gasteiger partial charge on any atom is -0.456 e. The molecule has 0 unspecified atom stereocenters. The molecule has 118 valence electrons. The zero-order chi connectivity index (χ0) is 16.4. The highest BCUT2D eigenvalue weighted by Gasteiger charge is 2.10. The first-order chi connectivity index (χ1) is 11.0. The number of hydrogen-bond donors (Lipinski definition) is 0. The van der Waals surface area contributed by atoms with E-state index in [0.717, 1.165) is 0 Å². The van der Waals surface area contributed by atoms with E-state index < -0.39 is 16.8 Å². The lowest BCUT2D eigenvalue weighted by molar-refractivity contribution is 0.0467. The van der Waals surface area contributed by atoms with E-state index >= 15 is 0 Å². The molecule has 0 amide bonds. The van der Waals surface area contributed by atoms with E-state index in [1.54, 1.807) is 42.1 Å². The largest absolute Gasteiger partial charge is 0.456 e. The predicted octanol–water partition coefficient (Wildman–Crippen LogP) is 1.85. The third-order valence-electron chi connectivity index (χ3n) is 3.13. The Labute approximate surface area is 137 Å². The molecule has 0 aliphatic heterocycles. The summed E-state index contributed by atoms with van der Waals surface area (Å²) < 4.78 is 17.9. The van der Waals surface area contributed by atoms with Crippen LogP contribution in [-0.4, -0.2) is 25.8 Å². The van der Waals surface area contributed by atoms with Gasteiger partial charge in [0.15, 0.2) is 4.96 Å². The molecular weight excluding hydrogens is 336 g/mol. The van der Waals surface area contributed by atoms with Crippen molar-refractivity contribution in [3.05, 3.63) is 63.5 Å². The van der Waals surface area contributed by atoms with Crippen LogP contribution in [0.15, 0.2) is 51.6 Å². The standard InChI is InChI=1S/C15H12N2O4S2/c1-23(20)12-4-2-10(3-5-12)14(19)21-9-11-8-13(18)17-6-7-22-15(17)16-11/h2-8H,9H2,1H3/t23-/m0/s1. The molecule has 0 radical (unpaired) electrons. The number of benzene rings is 1. The van der Waals surface area contributed by atoms with Crippen molar-refractivity contribution in [3.8, 4) is 0 Å². The highest BCUT2D eigenvalue weighted by atomic mass is 32.2. The molecule has 0 N–H and O–H groups in total. The molecule has 1 aromatic carbocycles. The van der Waals surface area contributed by atoms with Crippen LogP contribution in [0.3, 0.4) is 0 Å². The number of aromatic nitrogens is 2. The van der Waals surface area contributed by atoms with Gasteiger partial charge in [0.1, 0.15) is 6.61 Å². The fourth-order valence-corrected chi connectivity index (χ4v) is 3.23. The maximum atomic E-state index is 12.0. The Hall–Kier alpha value is -2.32. The van der Waals surface area contributed by atoms with Gasteiger partial charge in [-0.3, -0.25) is 13.4 Å². The zero-order valence-electron chi connectivity index (χ0n) is 12.1. The molecule has 2 heterocycles. The average Bonchev–Trinajstić information content (AvgIpc) is 3.02. The Morgan fingerprint density at radius 1 is 1.35 bits per heavy atom. The first-order valence-corrected chi connectivity index (χ1v) is 9.05. The van der Waals surface area contributed by atoms with Crippen molar-refractivity contribution in [1.82, 2.24) is 9.38 Å². The van der Waals surface area contributed by atoms with E-state index in [1.807, 2.05) is 0 Å². The van der Waals surface area contributed by atoms with Crippen LogP contribution < -0.4 is 5.56 Å². The summed E-state index contributed by atoms with van der Waals surface area (Å²) in [5.74, 6) is -0.522. The second kappa shape index (κ2) is 6.43. The van der Waals surface area contributed by atoms with Crippen molar-refractivity contribution in [2.24, 2.45) is 0 Å². The molecule has 8 heteroatoms. The molecule has 1 atom stereocenters. The van der Waals surface area contributed by atoms with Gasteiger partial charge in [0.25, 0.3) is 5.56 Å². The quantitative estimate of drug-likeness (QED) is 0.673. The van der Waals surface area contributed by atoms with E-state index in [9.17, 15) is 13.8 Å². The Morgan fingerprint density at radius 2 is 2.09 bits per heavy atom. The molecule has 0 fully saturated rings. The summed E-state index contributed by atoms with van der Waals surface area (Å²) in [5, 5.41) is 1.76. The van der Waals surface area contributed by atoms with E-state index in [4.69, 9.17) is 4.74 Å². The van der Waals surface area contributed by atoms with Gasteiger partial charge in [-0.25, -0.2) is 9.78 Å². The van der Waals surface area contributed by atoms with E-state index in [0.29, 0.717) is 21.1 Å². The monoisotopic (exact) mass is 348 g/mol. The lowest BCUT2D eigenvalue weighted by atomic mass is 10.2. The number of rotatable bonds is 4. The molecule has 2 aromatic heterocycles. The molecule has 3 aromatic rings. The molecule has 3 rings (SSSR count). The molecule has 0 spiro atoms. The number of hydrogen-bond acceptors (Lipinski definition) is 6. The predicted molar refractivity (Wildman–Crippen MR) is 87.2 cm³/mol. The Bertz CT molecular complexity index is 944. The summed E-state index contributed by atoms with van der Waals surface area (Å²) in [6, 6.07) is 7.70. The molecule has 0 aliphatic carbocycles. The summed E-state index contributed by atoms with van der Waals surface area (Å²) in [6.45, 7) is -0.0794. The van der Waals surface area contributed by atoms with Crippen LogP contribution in [0.2, 0.25) is 0 Å². The highest BCUT2D eigenvalue weighted by molar-refractivity contribution is 7.84. The number of nitrogens with zero attached hydrogens (tertiary/aromatic N) is 2. The van der Waals surface area contributed by atoms with Crippen LogP contribution in [0, 0.1) is 0 Å². The lowest BCUT2D eigenvalue weighted by Crippen LogP contribution is -2.14. The second-order valence-electron chi connectivity index (χ2n) is 4.70. The van der Waals surface area contributed by atoms with Crippen LogP contribution in [0.25, 0.3) is 4.96 Å². The van der Waals surface area contributed by atoms with Gasteiger partial charge >= 0.3 is 5.97 Å². The van der Waals surface area contributed by atoms with Gasteiger partial charge in [-0.1, -0.05) is 0 Å². The highest BCUT2D eigenvalue weighted by Crippen LogP contribution is 2.11. The molecule has 23 heavy (non-hydrogen) atoms. The minimum atomic E-state index is -1.09. The Morgan fingerprint density at radius 3 is 2.78 bits per heavy atom. The molecule has 0 bridgehead atoms. The van der Waals surface area contributed by atoms with Crippen molar-refractivity contribution < 1.29 is 13.7 Å². The first kappa shape index (κ1) is 15.6. The first-order valence-electron chi connectivity index (χ1n) is 6.61. The van der Waals surface area contributed by atoms with Gasteiger partial charge in [-0.2, -0.15) is 0 Å². The number of fused-ring (bicyclic) bond motifs is 1. The molecule has 0 saturated carbocycles. The number of thiazole rings is 1. The Kier molecular flexibility index (Phi) is 4.35. The van der Waals surface area contributed by atoms with Crippen molar-refractivity contribution in [3.63, 3.8) is 0 Å². The van der Waals surface area contributed by atoms with Crippen LogP contribution >= 0.6 is 11.3 Å². The number of carbonyl (C=O) groups is 1. The fraction of sp³-hybridized carbons (Fsp3) is 0.133. The van der Waals surface area contributed by atoms with Crippen molar-refractivity contribution in [2.45, 2.75) is 11.5 Å². The summed E-state index contributed by atoms with van der Waals surface area (Å²) in [5.41, 5.74) is 0.544. The number of esters is 1. The van der Waals surface area contributed by atoms with Gasteiger partial charge in [0.05, 0.1) is 11.3 Å². The normalized spacial score (nSPS) is 12.2. The van der Waals surface area contributed by atoms with Crippen LogP contribution in [0.4, 0.5) is 0 Å². The van der Waals surface area contributed by atoms with Gasteiger partial charge in [0, 0.05) is 39.6 Å². The second-order valence-corrected chi connectivity index (χ2v) is 6.95. The lowest BCUT2D eigenvalue weighted by Gasteiger charge is -2.05. The maximum Gasteiger partial charge on any atom is 0.338 e. The summed E-state index contributed by atoms with van der Waals surface area (Å²) >= 11 is 1.33. The van der Waals surface area contributed by atoms with Gasteiger partial charge in [0.2, 0.25) is 0 Å². The zero-order valence-corrected chi connectivity index (χ0v) is 13.7. The molecular formula is C15H12N2O4S2. The van der Waals surface area contributed by atoms with Crippen molar-refractivity contribution in [1.29, 1.82) is 0 Å². The van der Waals surface area contributed by atoms with E-state index in [2.05, 4.69) is 4.98 Å². The van der Waals surface area contributed by atoms with Gasteiger partial charge in [-0.05, 0) is 24.3 Å². The molecule has 0 saturated heterocycles. The van der Waals surface area contributed by atoms with Gasteiger partial charge in [-0.15, -0.1) is 11.3 Å². The number of ether oxygens (including phenoxy) is 1. The topological polar surface area (TPSA) is 77.7 Å². The average molecular weight is 348 g/mol.